The zero-order valence-electron chi connectivity index (χ0n) is 16.0. The Kier molecular flexibility index (Phi) is 5.35. The van der Waals surface area contributed by atoms with E-state index in [9.17, 15) is 17.2 Å². The number of nitriles is 1. The van der Waals surface area contributed by atoms with E-state index in [0.717, 1.165) is 28.8 Å². The van der Waals surface area contributed by atoms with E-state index in [4.69, 9.17) is 5.26 Å². The fraction of sp³-hybridized carbons (Fsp3) is 0.0952. The minimum absolute atomic E-state index is 0.149. The molecule has 1 N–H and O–H groups in total. The summed E-state index contributed by atoms with van der Waals surface area (Å²) >= 11 is 0. The fourth-order valence-electron chi connectivity index (χ4n) is 3.11. The third-order valence-electron chi connectivity index (χ3n) is 4.52. The Labute approximate surface area is 177 Å². The van der Waals surface area contributed by atoms with Crippen LogP contribution in [-0.4, -0.2) is 23.9 Å². The Bertz CT molecular complexity index is 1350. The Balaban J connectivity index is 1.56. The van der Waals surface area contributed by atoms with Gasteiger partial charge in [-0.1, -0.05) is 6.07 Å². The highest BCUT2D eigenvalue weighted by atomic mass is 32.2. The zero-order chi connectivity index (χ0) is 22.0. The zero-order valence-corrected chi connectivity index (χ0v) is 16.8. The lowest BCUT2D eigenvalue weighted by Gasteiger charge is -2.10. The number of nitrogens with one attached hydrogen (secondary N) is 1. The molecule has 0 atom stereocenters. The van der Waals surface area contributed by atoms with Gasteiger partial charge in [0.25, 0.3) is 10.0 Å². The van der Waals surface area contributed by atoms with Gasteiger partial charge in [-0.25, -0.2) is 17.2 Å². The SMILES string of the molecule is N#CCn1cc(/C=C/C2=NCc3ccc(NS(=O)(=O)c4cc(F)cc(F)c4)cc32)cn1. The number of allylic oxidation sites excluding steroid dienone is 1. The first-order valence-electron chi connectivity index (χ1n) is 9.08. The van der Waals surface area contributed by atoms with Crippen LogP contribution in [0.1, 0.15) is 16.7 Å². The summed E-state index contributed by atoms with van der Waals surface area (Å²) in [5, 5.41) is 12.8. The number of hydrogen-bond donors (Lipinski definition) is 1. The van der Waals surface area contributed by atoms with E-state index in [1.165, 1.54) is 4.68 Å². The summed E-state index contributed by atoms with van der Waals surface area (Å²) in [5.41, 5.74) is 3.34. The van der Waals surface area contributed by atoms with Gasteiger partial charge in [-0.2, -0.15) is 10.4 Å². The lowest BCUT2D eigenvalue weighted by molar-refractivity contribution is 0.568. The van der Waals surface area contributed by atoms with Crippen molar-refractivity contribution in [3.8, 4) is 6.07 Å². The summed E-state index contributed by atoms with van der Waals surface area (Å²) < 4.78 is 55.8. The van der Waals surface area contributed by atoms with E-state index >= 15 is 0 Å². The van der Waals surface area contributed by atoms with Gasteiger partial charge in [0.15, 0.2) is 0 Å². The number of fused-ring (bicyclic) bond motifs is 1. The standard InChI is InChI=1S/C21H15F2N5O2S/c22-16-7-17(23)9-19(8-16)31(29,30)27-18-3-2-15-12-25-21(20(15)10-18)4-1-14-11-26-28(13-14)6-5-24/h1-4,7-11,13,27H,6,12H2/b4-1+. The molecular weight excluding hydrogens is 424 g/mol. The number of rotatable bonds is 6. The van der Waals surface area contributed by atoms with Gasteiger partial charge in [0.2, 0.25) is 0 Å². The number of aromatic nitrogens is 2. The molecule has 0 bridgehead atoms. The van der Waals surface area contributed by atoms with Crippen LogP contribution in [-0.2, 0) is 23.1 Å². The molecule has 156 valence electrons. The molecule has 0 fully saturated rings. The van der Waals surface area contributed by atoms with Gasteiger partial charge < -0.3 is 0 Å². The molecule has 1 aliphatic rings. The van der Waals surface area contributed by atoms with E-state index in [1.807, 2.05) is 6.07 Å². The van der Waals surface area contributed by atoms with Crippen molar-refractivity contribution in [2.45, 2.75) is 18.0 Å². The largest absolute Gasteiger partial charge is 0.280 e. The second-order valence-electron chi connectivity index (χ2n) is 6.75. The Morgan fingerprint density at radius 2 is 1.94 bits per heavy atom. The highest BCUT2D eigenvalue weighted by Gasteiger charge is 2.19. The van der Waals surface area contributed by atoms with Crippen LogP contribution in [0.4, 0.5) is 14.5 Å². The van der Waals surface area contributed by atoms with Crippen molar-refractivity contribution >= 4 is 27.5 Å². The van der Waals surface area contributed by atoms with Gasteiger partial charge in [-0.05, 0) is 42.0 Å². The number of aliphatic imine (C=N–C) groups is 1. The second-order valence-corrected chi connectivity index (χ2v) is 8.43. The number of anilines is 1. The Morgan fingerprint density at radius 3 is 2.68 bits per heavy atom. The first kappa shape index (κ1) is 20.4. The molecule has 10 heteroatoms. The number of hydrogen-bond acceptors (Lipinski definition) is 5. The van der Waals surface area contributed by atoms with Crippen LogP contribution in [0.3, 0.4) is 0 Å². The molecule has 7 nitrogen and oxygen atoms in total. The molecular formula is C21H15F2N5O2S. The predicted molar refractivity (Wildman–Crippen MR) is 111 cm³/mol. The third-order valence-corrected chi connectivity index (χ3v) is 5.88. The number of halogens is 2. The lowest BCUT2D eigenvalue weighted by atomic mass is 10.0. The van der Waals surface area contributed by atoms with Crippen molar-refractivity contribution in [1.29, 1.82) is 5.26 Å². The molecule has 2 aromatic carbocycles. The summed E-state index contributed by atoms with van der Waals surface area (Å²) in [7, 11) is -4.18. The highest BCUT2D eigenvalue weighted by molar-refractivity contribution is 7.92. The van der Waals surface area contributed by atoms with Crippen LogP contribution in [0.2, 0.25) is 0 Å². The maximum atomic E-state index is 13.4. The van der Waals surface area contributed by atoms with E-state index in [1.54, 1.807) is 42.7 Å². The Hall–Kier alpha value is -3.84. The van der Waals surface area contributed by atoms with Crippen LogP contribution in [0.5, 0.6) is 0 Å². The van der Waals surface area contributed by atoms with Crippen molar-refractivity contribution in [1.82, 2.24) is 9.78 Å². The fourth-order valence-corrected chi connectivity index (χ4v) is 4.20. The van der Waals surface area contributed by atoms with Crippen LogP contribution >= 0.6 is 0 Å². The number of sulfonamides is 1. The first-order chi connectivity index (χ1) is 14.8. The van der Waals surface area contributed by atoms with Gasteiger partial charge in [0, 0.05) is 29.1 Å². The molecule has 0 amide bonds. The summed E-state index contributed by atoms with van der Waals surface area (Å²) in [6.45, 7) is 0.598. The molecule has 0 aliphatic carbocycles. The van der Waals surface area contributed by atoms with Crippen molar-refractivity contribution in [3.05, 3.63) is 83.2 Å². The molecule has 0 radical (unpaired) electrons. The summed E-state index contributed by atoms with van der Waals surface area (Å²) in [6.07, 6.45) is 6.91. The van der Waals surface area contributed by atoms with Crippen LogP contribution in [0.15, 0.2) is 64.8 Å². The monoisotopic (exact) mass is 439 g/mol. The van der Waals surface area contributed by atoms with Gasteiger partial charge in [0.05, 0.1) is 29.4 Å². The van der Waals surface area contributed by atoms with E-state index < -0.39 is 26.6 Å². The highest BCUT2D eigenvalue weighted by Crippen LogP contribution is 2.26. The van der Waals surface area contributed by atoms with Gasteiger partial charge >= 0.3 is 0 Å². The second kappa shape index (κ2) is 8.12. The first-order valence-corrected chi connectivity index (χ1v) is 10.6. The lowest BCUT2D eigenvalue weighted by Crippen LogP contribution is -2.14. The average molecular weight is 439 g/mol. The summed E-state index contributed by atoms with van der Waals surface area (Å²) in [4.78, 5) is 3.95. The molecule has 0 saturated carbocycles. The molecule has 3 aromatic rings. The topological polar surface area (TPSA) is 100 Å². The third kappa shape index (κ3) is 4.51. The van der Waals surface area contributed by atoms with E-state index in [-0.39, 0.29) is 12.2 Å². The summed E-state index contributed by atoms with van der Waals surface area (Å²) in [5.74, 6) is -1.96. The predicted octanol–water partition coefficient (Wildman–Crippen LogP) is 3.50. The van der Waals surface area contributed by atoms with Crippen molar-refractivity contribution in [2.75, 3.05) is 4.72 Å². The van der Waals surface area contributed by atoms with E-state index in [0.29, 0.717) is 18.3 Å². The number of benzene rings is 2. The average Bonchev–Trinajstić information content (AvgIpc) is 3.32. The van der Waals surface area contributed by atoms with Gasteiger partial charge in [0.1, 0.15) is 18.2 Å². The molecule has 4 rings (SSSR count). The minimum Gasteiger partial charge on any atom is -0.280 e. The number of nitrogens with zero attached hydrogens (tertiary/aromatic N) is 4. The molecule has 1 aliphatic heterocycles. The molecule has 0 unspecified atom stereocenters. The van der Waals surface area contributed by atoms with Crippen LogP contribution < -0.4 is 4.72 Å². The maximum Gasteiger partial charge on any atom is 0.262 e. The van der Waals surface area contributed by atoms with Gasteiger partial charge in [-0.3, -0.25) is 14.4 Å². The molecule has 2 heterocycles. The van der Waals surface area contributed by atoms with Gasteiger partial charge in [-0.15, -0.1) is 0 Å². The van der Waals surface area contributed by atoms with E-state index in [2.05, 4.69) is 14.8 Å². The normalized spacial score (nSPS) is 13.1. The molecule has 1 aromatic heterocycles. The van der Waals surface area contributed by atoms with Crippen molar-refractivity contribution in [2.24, 2.45) is 4.99 Å². The van der Waals surface area contributed by atoms with Crippen LogP contribution in [0.25, 0.3) is 6.08 Å². The Morgan fingerprint density at radius 1 is 1.16 bits per heavy atom. The minimum atomic E-state index is -4.18. The van der Waals surface area contributed by atoms with Crippen molar-refractivity contribution in [3.63, 3.8) is 0 Å². The maximum absolute atomic E-state index is 13.4. The van der Waals surface area contributed by atoms with Crippen LogP contribution in [0, 0.1) is 23.0 Å². The van der Waals surface area contributed by atoms with Crippen molar-refractivity contribution < 1.29 is 17.2 Å². The molecule has 0 saturated heterocycles. The summed E-state index contributed by atoms with van der Waals surface area (Å²) in [6, 6.07) is 9.05. The molecule has 0 spiro atoms. The smallest absolute Gasteiger partial charge is 0.262 e. The molecule has 31 heavy (non-hydrogen) atoms. The quantitative estimate of drug-likeness (QED) is 0.635.